The Bertz CT molecular complexity index is 613. The molecule has 7 heteroatoms. The molecule has 0 aromatic heterocycles. The third-order valence-electron chi connectivity index (χ3n) is 3.50. The molecule has 0 amide bonds. The Labute approximate surface area is 145 Å². The summed E-state index contributed by atoms with van der Waals surface area (Å²) in [5.41, 5.74) is -0.334. The Morgan fingerprint density at radius 2 is 1.88 bits per heavy atom. The van der Waals surface area contributed by atoms with Crippen molar-refractivity contribution in [3.8, 4) is 0 Å². The molecule has 0 aliphatic heterocycles. The highest BCUT2D eigenvalue weighted by molar-refractivity contribution is 7.91. The van der Waals surface area contributed by atoms with Gasteiger partial charge in [-0.3, -0.25) is 4.99 Å². The Hall–Kier alpha value is -1.60. The van der Waals surface area contributed by atoms with E-state index in [9.17, 15) is 8.42 Å². The second kappa shape index (κ2) is 9.64. The second-order valence-corrected chi connectivity index (χ2v) is 8.18. The molecular formula is C17H29N3O3S. The maximum Gasteiger partial charge on any atom is 0.191 e. The largest absolute Gasteiger partial charge is 0.377 e. The molecule has 1 rings (SSSR count). The van der Waals surface area contributed by atoms with Crippen LogP contribution in [0.5, 0.6) is 0 Å². The molecule has 0 bridgehead atoms. The first-order valence-corrected chi connectivity index (χ1v) is 9.81. The summed E-state index contributed by atoms with van der Waals surface area (Å²) >= 11 is 0. The van der Waals surface area contributed by atoms with Gasteiger partial charge < -0.3 is 15.4 Å². The van der Waals surface area contributed by atoms with Crippen LogP contribution in [0.15, 0.2) is 40.2 Å². The van der Waals surface area contributed by atoms with E-state index in [1.165, 1.54) is 0 Å². The number of methoxy groups -OCH3 is 1. The number of hydrogen-bond donors (Lipinski definition) is 2. The van der Waals surface area contributed by atoms with Crippen LogP contribution >= 0.6 is 0 Å². The minimum absolute atomic E-state index is 0.104. The zero-order valence-corrected chi connectivity index (χ0v) is 15.8. The first-order chi connectivity index (χ1) is 11.3. The Morgan fingerprint density at radius 3 is 2.46 bits per heavy atom. The zero-order chi connectivity index (χ0) is 18.1. The van der Waals surface area contributed by atoms with Gasteiger partial charge in [-0.1, -0.05) is 18.2 Å². The van der Waals surface area contributed by atoms with Crippen LogP contribution in [-0.4, -0.2) is 52.5 Å². The topological polar surface area (TPSA) is 79.8 Å². The van der Waals surface area contributed by atoms with Crippen LogP contribution in [0.2, 0.25) is 0 Å². The molecular weight excluding hydrogens is 326 g/mol. The van der Waals surface area contributed by atoms with Crippen molar-refractivity contribution in [1.82, 2.24) is 10.6 Å². The lowest BCUT2D eigenvalue weighted by Gasteiger charge is -2.21. The summed E-state index contributed by atoms with van der Waals surface area (Å²) in [7, 11) is -1.57. The maximum atomic E-state index is 12.2. The number of nitrogens with zero attached hydrogens (tertiary/aromatic N) is 1. The number of ether oxygens (including phenoxy) is 1. The van der Waals surface area contributed by atoms with E-state index in [1.54, 1.807) is 37.4 Å². The highest BCUT2D eigenvalue weighted by Gasteiger charge is 2.16. The number of benzene rings is 1. The third kappa shape index (κ3) is 7.31. The molecule has 6 nitrogen and oxygen atoms in total. The van der Waals surface area contributed by atoms with Gasteiger partial charge in [-0.2, -0.15) is 0 Å². The van der Waals surface area contributed by atoms with Gasteiger partial charge in [0.2, 0.25) is 0 Å². The van der Waals surface area contributed by atoms with E-state index < -0.39 is 9.84 Å². The van der Waals surface area contributed by atoms with Gasteiger partial charge in [-0.25, -0.2) is 8.42 Å². The van der Waals surface area contributed by atoms with Gasteiger partial charge in [0, 0.05) is 20.2 Å². The van der Waals surface area contributed by atoms with Crippen LogP contribution in [-0.2, 0) is 14.6 Å². The molecule has 0 fully saturated rings. The molecule has 1 aromatic carbocycles. The summed E-state index contributed by atoms with van der Waals surface area (Å²) in [5.74, 6) is 0.771. The van der Waals surface area contributed by atoms with E-state index >= 15 is 0 Å². The minimum Gasteiger partial charge on any atom is -0.377 e. The van der Waals surface area contributed by atoms with Gasteiger partial charge in [-0.15, -0.1) is 0 Å². The van der Waals surface area contributed by atoms with Gasteiger partial charge in [0.15, 0.2) is 15.8 Å². The molecule has 0 radical (unpaired) electrons. The van der Waals surface area contributed by atoms with Crippen molar-refractivity contribution in [2.45, 2.75) is 37.7 Å². The van der Waals surface area contributed by atoms with E-state index in [2.05, 4.69) is 15.6 Å². The fraction of sp³-hybridized carbons (Fsp3) is 0.588. The Balaban J connectivity index is 2.50. The fourth-order valence-electron chi connectivity index (χ4n) is 1.89. The molecule has 2 N–H and O–H groups in total. The van der Waals surface area contributed by atoms with Crippen LogP contribution in [0.1, 0.15) is 27.2 Å². The molecule has 0 saturated heterocycles. The average Bonchev–Trinajstić information content (AvgIpc) is 2.57. The molecule has 0 saturated carbocycles. The highest BCUT2D eigenvalue weighted by Crippen LogP contribution is 2.10. The molecule has 0 unspecified atom stereocenters. The maximum absolute atomic E-state index is 12.2. The SMILES string of the molecule is CCNC(=NCC(C)(C)OC)NCCCS(=O)(=O)c1ccccc1. The normalized spacial score (nSPS) is 12.9. The molecule has 0 atom stereocenters. The predicted molar refractivity (Wildman–Crippen MR) is 98.2 cm³/mol. The van der Waals surface area contributed by atoms with E-state index in [-0.39, 0.29) is 11.4 Å². The number of aliphatic imine (C=N–C) groups is 1. The van der Waals surface area contributed by atoms with Gasteiger partial charge in [0.25, 0.3) is 0 Å². The van der Waals surface area contributed by atoms with Crippen LogP contribution < -0.4 is 10.6 Å². The van der Waals surface area contributed by atoms with Gasteiger partial charge in [-0.05, 0) is 39.3 Å². The summed E-state index contributed by atoms with van der Waals surface area (Å²) in [6.07, 6.45) is 0.509. The van der Waals surface area contributed by atoms with Crippen LogP contribution in [0.3, 0.4) is 0 Å². The number of hydrogen-bond acceptors (Lipinski definition) is 4. The van der Waals surface area contributed by atoms with Crippen molar-refractivity contribution >= 4 is 15.8 Å². The van der Waals surface area contributed by atoms with Crippen molar-refractivity contribution in [3.05, 3.63) is 30.3 Å². The zero-order valence-electron chi connectivity index (χ0n) is 15.0. The molecule has 24 heavy (non-hydrogen) atoms. The standard InChI is InChI=1S/C17H29N3O3S/c1-5-18-16(20-14-17(2,3)23-4)19-12-9-13-24(21,22)15-10-7-6-8-11-15/h6-8,10-11H,5,9,12-14H2,1-4H3,(H2,18,19,20). The van der Waals surface area contributed by atoms with Crippen LogP contribution in [0, 0.1) is 0 Å². The average molecular weight is 356 g/mol. The summed E-state index contributed by atoms with van der Waals surface area (Å²) in [6.45, 7) is 7.70. The van der Waals surface area contributed by atoms with Gasteiger partial charge in [0.1, 0.15) is 0 Å². The highest BCUT2D eigenvalue weighted by atomic mass is 32.2. The summed E-state index contributed by atoms with van der Waals surface area (Å²) < 4.78 is 29.8. The van der Waals surface area contributed by atoms with E-state index in [1.807, 2.05) is 20.8 Å². The Morgan fingerprint density at radius 1 is 1.21 bits per heavy atom. The lowest BCUT2D eigenvalue weighted by atomic mass is 10.1. The van der Waals surface area contributed by atoms with Crippen LogP contribution in [0.25, 0.3) is 0 Å². The predicted octanol–water partition coefficient (Wildman–Crippen LogP) is 1.83. The number of sulfone groups is 1. The molecule has 0 aliphatic rings. The van der Waals surface area contributed by atoms with E-state index in [0.29, 0.717) is 30.4 Å². The molecule has 0 aliphatic carbocycles. The molecule has 136 valence electrons. The molecule has 1 aromatic rings. The number of rotatable bonds is 9. The number of nitrogens with one attached hydrogen (secondary N) is 2. The summed E-state index contributed by atoms with van der Waals surface area (Å²) in [5, 5.41) is 6.30. The first kappa shape index (κ1) is 20.4. The Kier molecular flexibility index (Phi) is 8.21. The summed E-state index contributed by atoms with van der Waals surface area (Å²) in [6, 6.07) is 8.53. The second-order valence-electron chi connectivity index (χ2n) is 6.07. The van der Waals surface area contributed by atoms with Crippen molar-refractivity contribution in [3.63, 3.8) is 0 Å². The first-order valence-electron chi connectivity index (χ1n) is 8.16. The lowest BCUT2D eigenvalue weighted by Crippen LogP contribution is -2.39. The summed E-state index contributed by atoms with van der Waals surface area (Å²) in [4.78, 5) is 4.84. The van der Waals surface area contributed by atoms with Crippen molar-refractivity contribution in [1.29, 1.82) is 0 Å². The van der Waals surface area contributed by atoms with Crippen LogP contribution in [0.4, 0.5) is 0 Å². The van der Waals surface area contributed by atoms with Gasteiger partial charge >= 0.3 is 0 Å². The molecule has 0 heterocycles. The van der Waals surface area contributed by atoms with Crippen molar-refractivity contribution in [2.24, 2.45) is 4.99 Å². The van der Waals surface area contributed by atoms with Crippen molar-refractivity contribution < 1.29 is 13.2 Å². The van der Waals surface area contributed by atoms with Crippen molar-refractivity contribution in [2.75, 3.05) is 32.5 Å². The number of guanidine groups is 1. The third-order valence-corrected chi connectivity index (χ3v) is 5.32. The van der Waals surface area contributed by atoms with Gasteiger partial charge in [0.05, 0.1) is 22.8 Å². The smallest absolute Gasteiger partial charge is 0.191 e. The fourth-order valence-corrected chi connectivity index (χ4v) is 3.22. The van der Waals surface area contributed by atoms with E-state index in [4.69, 9.17) is 4.74 Å². The quantitative estimate of drug-likeness (QED) is 0.401. The minimum atomic E-state index is -3.23. The lowest BCUT2D eigenvalue weighted by molar-refractivity contribution is 0.0310. The van der Waals surface area contributed by atoms with E-state index in [0.717, 1.165) is 6.54 Å². The monoisotopic (exact) mass is 355 g/mol. The molecule has 0 spiro atoms.